The molecule has 0 bridgehead atoms. The number of benzene rings is 2. The molecule has 0 aliphatic carbocycles. The number of thiol groups is 1. The van der Waals surface area contributed by atoms with E-state index in [-0.39, 0.29) is 29.9 Å². The number of rotatable bonds is 14. The molecule has 13 nitrogen and oxygen atoms in total. The summed E-state index contributed by atoms with van der Waals surface area (Å²) < 4.78 is 0. The van der Waals surface area contributed by atoms with Gasteiger partial charge in [0.1, 0.15) is 5.84 Å². The van der Waals surface area contributed by atoms with Gasteiger partial charge in [-0.05, 0) is 55.0 Å². The number of amides is 2. The Kier molecular flexibility index (Phi) is 21.9. The zero-order valence-electron chi connectivity index (χ0n) is 26.4. The summed E-state index contributed by atoms with van der Waals surface area (Å²) in [6.45, 7) is 6.28. The number of nitrogens with zero attached hydrogens (tertiary/aromatic N) is 2. The van der Waals surface area contributed by atoms with Crippen LogP contribution in [-0.2, 0) is 33.1 Å². The average Bonchev–Trinajstić information content (AvgIpc) is 3.07. The Morgan fingerprint density at radius 3 is 2.07 bits per heavy atom. The lowest BCUT2D eigenvalue weighted by Crippen LogP contribution is -2.44. The second-order valence-corrected chi connectivity index (χ2v) is 9.85. The molecule has 3 rings (SSSR count). The highest BCUT2D eigenvalue weighted by Gasteiger charge is 2.16. The number of aliphatic carboxylic acids is 1. The first-order valence-electron chi connectivity index (χ1n) is 14.6. The summed E-state index contributed by atoms with van der Waals surface area (Å²) in [7, 11) is 0. The van der Waals surface area contributed by atoms with E-state index in [4.69, 9.17) is 22.0 Å². The van der Waals surface area contributed by atoms with Gasteiger partial charge in [0.15, 0.2) is 0 Å². The summed E-state index contributed by atoms with van der Waals surface area (Å²) in [5, 5.41) is 31.2. The Labute approximate surface area is 275 Å². The summed E-state index contributed by atoms with van der Waals surface area (Å²) in [6.07, 6.45) is 5.75. The van der Waals surface area contributed by atoms with Crippen LogP contribution in [-0.4, -0.2) is 51.2 Å². The van der Waals surface area contributed by atoms with E-state index in [1.807, 2.05) is 38.1 Å². The number of carbonyl (C=O) groups is 3. The van der Waals surface area contributed by atoms with Crippen molar-refractivity contribution in [3.63, 3.8) is 0 Å². The van der Waals surface area contributed by atoms with Gasteiger partial charge in [-0.15, -0.1) is 0 Å². The largest absolute Gasteiger partial charge is 0.481 e. The topological polar surface area (TPSA) is 227 Å². The summed E-state index contributed by atoms with van der Waals surface area (Å²) in [5.74, 6) is -0.447. The molecule has 2 aromatic carbocycles. The van der Waals surface area contributed by atoms with E-state index in [0.29, 0.717) is 43.5 Å². The van der Waals surface area contributed by atoms with Gasteiger partial charge in [0.2, 0.25) is 12.3 Å². The molecule has 2 atom stereocenters. The van der Waals surface area contributed by atoms with Gasteiger partial charge in [-0.2, -0.15) is 12.6 Å². The van der Waals surface area contributed by atoms with Crippen molar-refractivity contribution in [2.24, 2.45) is 11.5 Å². The Bertz CT molecular complexity index is 1330. The maximum atomic E-state index is 11.8. The highest BCUT2D eigenvalue weighted by atomic mass is 32.1. The second-order valence-electron chi connectivity index (χ2n) is 9.53. The van der Waals surface area contributed by atoms with Crippen molar-refractivity contribution >= 4 is 42.4 Å². The number of nitro groups is 1. The smallest absolute Gasteiger partial charge is 0.303 e. The standard InChI is InChI=1S/C14H21N3O3.C9H11N3O.C7H7NO2S.C2H6/c1-10(2-5-13(18)19)17-14(20)12(15)4-3-11-6-8-16-9-7-11;10-9(11)8-3-1-7(2-4-8)5-12-6-13;9-8(10)7-3-1-6(5-11)2-4-7;1-2/h6-10,12H,2-5,15H2,1H3,(H,17,20)(H,18,19);1-4,6H,5H2,(H3,10,11)(H,12,13);1-4,11H,5H2;1-2H3. The quantitative estimate of drug-likeness (QED) is 0.0332. The second kappa shape index (κ2) is 24.5. The third-order valence-electron chi connectivity index (χ3n) is 5.99. The molecule has 0 fully saturated rings. The van der Waals surface area contributed by atoms with Crippen LogP contribution in [0.25, 0.3) is 0 Å². The first kappa shape index (κ1) is 41.2. The number of amidine groups is 1. The number of nitrogens with two attached hydrogens (primary N) is 2. The van der Waals surface area contributed by atoms with E-state index in [2.05, 4.69) is 28.2 Å². The van der Waals surface area contributed by atoms with Crippen molar-refractivity contribution < 1.29 is 24.4 Å². The molecule has 3 aromatic rings. The highest BCUT2D eigenvalue weighted by Crippen LogP contribution is 2.12. The Morgan fingerprint density at radius 2 is 1.59 bits per heavy atom. The molecule has 0 spiro atoms. The lowest BCUT2D eigenvalue weighted by molar-refractivity contribution is -0.384. The van der Waals surface area contributed by atoms with Crippen LogP contribution in [0.3, 0.4) is 0 Å². The van der Waals surface area contributed by atoms with Gasteiger partial charge in [0.05, 0.1) is 11.0 Å². The minimum atomic E-state index is -0.868. The van der Waals surface area contributed by atoms with Gasteiger partial charge in [-0.25, -0.2) is 0 Å². The third-order valence-corrected chi connectivity index (χ3v) is 6.36. The normalized spacial score (nSPS) is 10.9. The van der Waals surface area contributed by atoms with Crippen molar-refractivity contribution in [1.29, 1.82) is 5.41 Å². The predicted molar refractivity (Wildman–Crippen MR) is 183 cm³/mol. The predicted octanol–water partition coefficient (Wildman–Crippen LogP) is 3.98. The van der Waals surface area contributed by atoms with Crippen LogP contribution in [0.4, 0.5) is 5.69 Å². The summed E-state index contributed by atoms with van der Waals surface area (Å²) in [6, 6.07) is 16.5. The fraction of sp³-hybridized carbons (Fsp3) is 0.344. The van der Waals surface area contributed by atoms with E-state index in [9.17, 15) is 24.5 Å². The average molecular weight is 656 g/mol. The number of nitrogen functional groups attached to an aromatic ring is 1. The number of carbonyl (C=O) groups excluding carboxylic acids is 2. The summed E-state index contributed by atoms with van der Waals surface area (Å²) in [5.41, 5.74) is 15.0. The Balaban J connectivity index is 0.000000675. The molecule has 0 saturated carbocycles. The molecule has 46 heavy (non-hydrogen) atoms. The number of pyridine rings is 1. The molecule has 8 N–H and O–H groups in total. The van der Waals surface area contributed by atoms with Gasteiger partial charge in [-0.3, -0.25) is 34.9 Å². The van der Waals surface area contributed by atoms with Crippen molar-refractivity contribution in [1.82, 2.24) is 15.6 Å². The van der Waals surface area contributed by atoms with E-state index < -0.39 is 16.9 Å². The fourth-order valence-electron chi connectivity index (χ4n) is 3.45. The molecule has 0 radical (unpaired) electrons. The summed E-state index contributed by atoms with van der Waals surface area (Å²) in [4.78, 5) is 45.9. The van der Waals surface area contributed by atoms with Gasteiger partial charge in [0, 0.05) is 54.9 Å². The molecular formula is C32H45N7O6S. The molecule has 0 saturated heterocycles. The monoisotopic (exact) mass is 655 g/mol. The number of nitro benzene ring substituents is 1. The molecule has 2 amide bonds. The van der Waals surface area contributed by atoms with E-state index >= 15 is 0 Å². The zero-order chi connectivity index (χ0) is 34.9. The SMILES string of the molecule is CC.CC(CCC(=O)O)NC(=O)C(N)CCc1ccncc1.N=C(N)c1ccc(CNC=O)cc1.O=[N+]([O-])c1ccc(CS)cc1. The van der Waals surface area contributed by atoms with Gasteiger partial charge in [0.25, 0.3) is 5.69 Å². The van der Waals surface area contributed by atoms with Gasteiger partial charge in [-0.1, -0.05) is 50.2 Å². The van der Waals surface area contributed by atoms with E-state index in [1.165, 1.54) is 12.1 Å². The third kappa shape index (κ3) is 18.8. The van der Waals surface area contributed by atoms with E-state index in [0.717, 1.165) is 16.7 Å². The number of aryl methyl sites for hydroxylation is 1. The van der Waals surface area contributed by atoms with Crippen LogP contribution in [0.5, 0.6) is 0 Å². The minimum Gasteiger partial charge on any atom is -0.481 e. The lowest BCUT2D eigenvalue weighted by atomic mass is 10.1. The van der Waals surface area contributed by atoms with E-state index in [1.54, 1.807) is 43.6 Å². The van der Waals surface area contributed by atoms with Crippen LogP contribution in [0.15, 0.2) is 73.1 Å². The van der Waals surface area contributed by atoms with Gasteiger partial charge < -0.3 is 27.2 Å². The number of non-ortho nitro benzene ring substituents is 1. The van der Waals surface area contributed by atoms with Crippen LogP contribution in [0, 0.1) is 15.5 Å². The molecular weight excluding hydrogens is 610 g/mol. The first-order chi connectivity index (χ1) is 22.0. The molecule has 250 valence electrons. The number of aromatic nitrogens is 1. The number of hydrogen-bond acceptors (Lipinski definition) is 9. The zero-order valence-corrected chi connectivity index (χ0v) is 27.3. The highest BCUT2D eigenvalue weighted by molar-refractivity contribution is 7.79. The summed E-state index contributed by atoms with van der Waals surface area (Å²) >= 11 is 4.03. The molecule has 1 heterocycles. The number of nitrogens with one attached hydrogen (secondary N) is 3. The van der Waals surface area contributed by atoms with Crippen LogP contribution in [0.1, 0.15) is 62.3 Å². The first-order valence-corrected chi connectivity index (χ1v) is 15.2. The van der Waals surface area contributed by atoms with Crippen LogP contribution in [0.2, 0.25) is 0 Å². The molecule has 0 aliphatic rings. The van der Waals surface area contributed by atoms with Crippen molar-refractivity contribution in [3.8, 4) is 0 Å². The van der Waals surface area contributed by atoms with Gasteiger partial charge >= 0.3 is 5.97 Å². The maximum Gasteiger partial charge on any atom is 0.303 e. The Morgan fingerprint density at radius 1 is 1.02 bits per heavy atom. The van der Waals surface area contributed by atoms with Crippen molar-refractivity contribution in [2.45, 2.75) is 70.8 Å². The molecule has 14 heteroatoms. The number of hydrogen-bond donors (Lipinski definition) is 7. The molecule has 1 aromatic heterocycles. The molecule has 2 unspecified atom stereocenters. The lowest BCUT2D eigenvalue weighted by Gasteiger charge is -2.17. The number of carboxylic acids is 1. The van der Waals surface area contributed by atoms with Crippen molar-refractivity contribution in [3.05, 3.63) is 105 Å². The Hall–Kier alpha value is -4.82. The van der Waals surface area contributed by atoms with Crippen molar-refractivity contribution in [2.75, 3.05) is 0 Å². The minimum absolute atomic E-state index is 0.0354. The fourth-order valence-corrected chi connectivity index (χ4v) is 3.66. The maximum absolute atomic E-state index is 11.8. The van der Waals surface area contributed by atoms with Crippen LogP contribution >= 0.6 is 12.6 Å². The number of carboxylic acid groups (broad SMARTS) is 1. The molecule has 0 aliphatic heterocycles. The van der Waals surface area contributed by atoms with Crippen LogP contribution < -0.4 is 22.1 Å².